The molecule has 2 aromatic rings. The number of hydrogen-bond donors (Lipinski definition) is 0. The molecule has 3 heteroatoms. The molecule has 1 aliphatic carbocycles. The first-order valence-corrected chi connectivity index (χ1v) is 7.10. The van der Waals surface area contributed by atoms with Gasteiger partial charge >= 0.3 is 0 Å². The third-order valence-electron chi connectivity index (χ3n) is 3.73. The summed E-state index contributed by atoms with van der Waals surface area (Å²) in [5.74, 6) is 0.194. The van der Waals surface area contributed by atoms with E-state index < -0.39 is 0 Å². The summed E-state index contributed by atoms with van der Waals surface area (Å²) in [6.45, 7) is 4.23. The molecule has 1 heterocycles. The van der Waals surface area contributed by atoms with Crippen LogP contribution in [0.1, 0.15) is 36.3 Å². The predicted octanol–water partition coefficient (Wildman–Crippen LogP) is 4.56. The van der Waals surface area contributed by atoms with Gasteiger partial charge in [0.1, 0.15) is 0 Å². The van der Waals surface area contributed by atoms with Gasteiger partial charge in [0.05, 0.1) is 5.69 Å². The molecular weight excluding hydrogens is 270 g/mol. The van der Waals surface area contributed by atoms with Gasteiger partial charge in [-0.15, -0.1) is 0 Å². The minimum atomic E-state index is 0.0128. The van der Waals surface area contributed by atoms with Gasteiger partial charge in [0.2, 0.25) is 0 Å². The molecule has 0 spiro atoms. The topological polar surface area (TPSA) is 30.0 Å². The van der Waals surface area contributed by atoms with Crippen LogP contribution in [-0.4, -0.2) is 10.8 Å². The molecule has 1 aromatic carbocycles. The lowest BCUT2D eigenvalue weighted by Crippen LogP contribution is -2.27. The van der Waals surface area contributed by atoms with Crippen molar-refractivity contribution in [3.05, 3.63) is 52.8 Å². The highest BCUT2D eigenvalue weighted by atomic mass is 35.5. The lowest BCUT2D eigenvalue weighted by molar-refractivity contribution is 0.0910. The van der Waals surface area contributed by atoms with Gasteiger partial charge in [-0.2, -0.15) is 0 Å². The molecule has 0 fully saturated rings. The van der Waals surface area contributed by atoms with E-state index in [0.29, 0.717) is 11.4 Å². The quantitative estimate of drug-likeness (QED) is 0.769. The Morgan fingerprint density at radius 3 is 2.50 bits per heavy atom. The Kier molecular flexibility index (Phi) is 3.14. The average Bonchev–Trinajstić information content (AvgIpc) is 2.38. The number of benzene rings is 1. The van der Waals surface area contributed by atoms with Gasteiger partial charge in [0, 0.05) is 28.8 Å². The maximum atomic E-state index is 12.3. The van der Waals surface area contributed by atoms with Gasteiger partial charge < -0.3 is 0 Å². The van der Waals surface area contributed by atoms with Crippen molar-refractivity contribution in [3.8, 4) is 11.1 Å². The Hall–Kier alpha value is -1.67. The second-order valence-electron chi connectivity index (χ2n) is 6.17. The lowest BCUT2D eigenvalue weighted by Gasteiger charge is -2.29. The van der Waals surface area contributed by atoms with Gasteiger partial charge in [0.25, 0.3) is 0 Å². The zero-order valence-electron chi connectivity index (χ0n) is 11.6. The summed E-state index contributed by atoms with van der Waals surface area (Å²) in [5.41, 5.74) is 3.70. The summed E-state index contributed by atoms with van der Waals surface area (Å²) in [7, 11) is 0. The molecule has 102 valence electrons. The number of carbonyl (C=O) groups excluding carboxylic acids is 1. The number of fused-ring (bicyclic) bond motifs is 1. The van der Waals surface area contributed by atoms with Gasteiger partial charge in [0.15, 0.2) is 5.78 Å². The summed E-state index contributed by atoms with van der Waals surface area (Å²) in [4.78, 5) is 16.8. The SMILES string of the molecule is CC1(C)CC(=O)c2cc(-c3ccc(Cl)cc3)cnc2C1. The zero-order chi connectivity index (χ0) is 14.3. The summed E-state index contributed by atoms with van der Waals surface area (Å²) in [6.07, 6.45) is 3.29. The molecule has 3 rings (SSSR count). The molecule has 20 heavy (non-hydrogen) atoms. The predicted molar refractivity (Wildman–Crippen MR) is 81.1 cm³/mol. The van der Waals surface area contributed by atoms with E-state index in [9.17, 15) is 4.79 Å². The first-order valence-electron chi connectivity index (χ1n) is 6.73. The van der Waals surface area contributed by atoms with E-state index in [4.69, 9.17) is 11.6 Å². The molecule has 0 bridgehead atoms. The van der Waals surface area contributed by atoms with E-state index in [1.807, 2.05) is 36.5 Å². The van der Waals surface area contributed by atoms with E-state index in [2.05, 4.69) is 18.8 Å². The Bertz CT molecular complexity index is 674. The molecule has 0 saturated heterocycles. The monoisotopic (exact) mass is 285 g/mol. The highest BCUT2D eigenvalue weighted by Gasteiger charge is 2.31. The first kappa shape index (κ1) is 13.3. The number of pyridine rings is 1. The second-order valence-corrected chi connectivity index (χ2v) is 6.60. The molecule has 0 saturated carbocycles. The normalized spacial score (nSPS) is 16.9. The maximum Gasteiger partial charge on any atom is 0.165 e. The number of halogens is 1. The molecule has 0 amide bonds. The Balaban J connectivity index is 2.04. The molecule has 1 aliphatic rings. The van der Waals surface area contributed by atoms with Crippen LogP contribution in [0, 0.1) is 5.41 Å². The summed E-state index contributed by atoms with van der Waals surface area (Å²) in [5, 5.41) is 0.706. The Morgan fingerprint density at radius 2 is 1.80 bits per heavy atom. The largest absolute Gasteiger partial charge is 0.294 e. The third-order valence-corrected chi connectivity index (χ3v) is 3.99. The minimum absolute atomic E-state index is 0.0128. The Morgan fingerprint density at radius 1 is 1.10 bits per heavy atom. The highest BCUT2D eigenvalue weighted by Crippen LogP contribution is 2.35. The van der Waals surface area contributed by atoms with Crippen LogP contribution in [0.5, 0.6) is 0 Å². The van der Waals surface area contributed by atoms with E-state index in [0.717, 1.165) is 28.8 Å². The number of rotatable bonds is 1. The van der Waals surface area contributed by atoms with Crippen LogP contribution in [-0.2, 0) is 6.42 Å². The number of nitrogens with zero attached hydrogens (tertiary/aromatic N) is 1. The molecule has 0 aliphatic heterocycles. The van der Waals surface area contributed by atoms with Crippen molar-refractivity contribution in [2.45, 2.75) is 26.7 Å². The van der Waals surface area contributed by atoms with Gasteiger partial charge in [-0.05, 0) is 35.6 Å². The molecule has 0 radical (unpaired) electrons. The van der Waals surface area contributed by atoms with E-state index in [-0.39, 0.29) is 11.2 Å². The average molecular weight is 286 g/mol. The van der Waals surface area contributed by atoms with Crippen molar-refractivity contribution in [1.82, 2.24) is 4.98 Å². The zero-order valence-corrected chi connectivity index (χ0v) is 12.4. The van der Waals surface area contributed by atoms with Crippen molar-refractivity contribution in [3.63, 3.8) is 0 Å². The molecule has 0 atom stereocenters. The van der Waals surface area contributed by atoms with Crippen LogP contribution >= 0.6 is 11.6 Å². The fourth-order valence-corrected chi connectivity index (χ4v) is 2.85. The number of ketones is 1. The lowest BCUT2D eigenvalue weighted by atomic mass is 9.75. The number of carbonyl (C=O) groups is 1. The van der Waals surface area contributed by atoms with Crippen molar-refractivity contribution in [1.29, 1.82) is 0 Å². The Labute approximate surface area is 123 Å². The molecule has 0 N–H and O–H groups in total. The molecule has 0 unspecified atom stereocenters. The maximum absolute atomic E-state index is 12.3. The molecular formula is C17H16ClNO. The van der Waals surface area contributed by atoms with E-state index >= 15 is 0 Å². The molecule has 2 nitrogen and oxygen atoms in total. The van der Waals surface area contributed by atoms with Crippen LogP contribution in [0.25, 0.3) is 11.1 Å². The van der Waals surface area contributed by atoms with Crippen molar-refractivity contribution in [2.75, 3.05) is 0 Å². The van der Waals surface area contributed by atoms with Crippen LogP contribution in [0.3, 0.4) is 0 Å². The smallest absolute Gasteiger partial charge is 0.165 e. The van der Waals surface area contributed by atoms with Crippen LogP contribution in [0.15, 0.2) is 36.5 Å². The summed E-state index contributed by atoms with van der Waals surface area (Å²) in [6, 6.07) is 9.55. The number of Topliss-reactive ketones (excluding diaryl/α,β-unsaturated/α-hetero) is 1. The first-order chi connectivity index (χ1) is 9.44. The standard InChI is InChI=1S/C17H16ClNO/c1-17(2)8-15-14(16(20)9-17)7-12(10-19-15)11-3-5-13(18)6-4-11/h3-7,10H,8-9H2,1-2H3. The van der Waals surface area contributed by atoms with Gasteiger partial charge in [-0.25, -0.2) is 0 Å². The fourth-order valence-electron chi connectivity index (χ4n) is 2.72. The summed E-state index contributed by atoms with van der Waals surface area (Å²) >= 11 is 5.90. The van der Waals surface area contributed by atoms with Gasteiger partial charge in [-0.3, -0.25) is 9.78 Å². The van der Waals surface area contributed by atoms with Crippen molar-refractivity contribution in [2.24, 2.45) is 5.41 Å². The number of aromatic nitrogens is 1. The van der Waals surface area contributed by atoms with Crippen LogP contribution < -0.4 is 0 Å². The highest BCUT2D eigenvalue weighted by molar-refractivity contribution is 6.30. The van der Waals surface area contributed by atoms with E-state index in [1.165, 1.54) is 0 Å². The third kappa shape index (κ3) is 2.48. The van der Waals surface area contributed by atoms with Crippen LogP contribution in [0.4, 0.5) is 0 Å². The van der Waals surface area contributed by atoms with Crippen molar-refractivity contribution < 1.29 is 4.79 Å². The summed E-state index contributed by atoms with van der Waals surface area (Å²) < 4.78 is 0. The number of hydrogen-bond acceptors (Lipinski definition) is 2. The molecule has 1 aromatic heterocycles. The van der Waals surface area contributed by atoms with Gasteiger partial charge in [-0.1, -0.05) is 37.6 Å². The van der Waals surface area contributed by atoms with Crippen LogP contribution in [0.2, 0.25) is 5.02 Å². The second kappa shape index (κ2) is 4.71. The van der Waals surface area contributed by atoms with E-state index in [1.54, 1.807) is 0 Å². The van der Waals surface area contributed by atoms with Crippen molar-refractivity contribution >= 4 is 17.4 Å². The minimum Gasteiger partial charge on any atom is -0.294 e. The fraction of sp³-hybridized carbons (Fsp3) is 0.294.